The molecule has 0 spiro atoms. The predicted octanol–water partition coefficient (Wildman–Crippen LogP) is 1.63. The molecule has 1 rings (SSSR count). The summed E-state index contributed by atoms with van der Waals surface area (Å²) < 4.78 is 5.38. The van der Waals surface area contributed by atoms with E-state index in [9.17, 15) is 9.59 Å². The van der Waals surface area contributed by atoms with Gasteiger partial charge in [-0.05, 0) is 13.8 Å². The van der Waals surface area contributed by atoms with Gasteiger partial charge >= 0.3 is 12.0 Å². The third-order valence-electron chi connectivity index (χ3n) is 2.94. The van der Waals surface area contributed by atoms with E-state index in [0.29, 0.717) is 12.4 Å². The number of hydrogen-bond acceptors (Lipinski definition) is 4. The Bertz CT molecular complexity index is 458. The molecule has 20 heavy (non-hydrogen) atoms. The van der Waals surface area contributed by atoms with Gasteiger partial charge in [0.15, 0.2) is 0 Å². The molecule has 7 heteroatoms. The molecule has 0 radical (unpaired) electrons. The van der Waals surface area contributed by atoms with Crippen molar-refractivity contribution in [2.45, 2.75) is 46.2 Å². The van der Waals surface area contributed by atoms with E-state index in [1.54, 1.807) is 20.0 Å². The Labute approximate surface area is 118 Å². The van der Waals surface area contributed by atoms with Gasteiger partial charge in [0, 0.05) is 19.0 Å². The molecule has 112 valence electrons. The number of aryl methyl sites for hydroxylation is 1. The number of carbonyl (C=O) groups excluding carboxylic acids is 1. The molecular formula is C13H21N3O4. The van der Waals surface area contributed by atoms with E-state index in [4.69, 9.17) is 9.52 Å². The van der Waals surface area contributed by atoms with Crippen LogP contribution in [0, 0.1) is 0 Å². The highest BCUT2D eigenvalue weighted by Crippen LogP contribution is 2.06. The van der Waals surface area contributed by atoms with Crippen LogP contribution >= 0.6 is 0 Å². The Balaban J connectivity index is 2.52. The number of carboxylic acids is 1. The van der Waals surface area contributed by atoms with Crippen molar-refractivity contribution in [3.05, 3.63) is 17.8 Å². The molecule has 2 N–H and O–H groups in total. The van der Waals surface area contributed by atoms with Crippen LogP contribution in [-0.2, 0) is 17.8 Å². The molecule has 0 saturated carbocycles. The zero-order valence-electron chi connectivity index (χ0n) is 12.0. The number of hydrogen-bond donors (Lipinski definition) is 2. The average Bonchev–Trinajstić information content (AvgIpc) is 2.84. The highest BCUT2D eigenvalue weighted by molar-refractivity contribution is 5.75. The van der Waals surface area contributed by atoms with Gasteiger partial charge in [0.2, 0.25) is 5.89 Å². The summed E-state index contributed by atoms with van der Waals surface area (Å²) in [5.41, 5.74) is 0. The first-order valence-corrected chi connectivity index (χ1v) is 6.67. The van der Waals surface area contributed by atoms with Crippen molar-refractivity contribution >= 4 is 12.0 Å². The molecular weight excluding hydrogens is 262 g/mol. The molecule has 0 saturated heterocycles. The number of rotatable bonds is 7. The van der Waals surface area contributed by atoms with Crippen LogP contribution in [0.2, 0.25) is 0 Å². The van der Waals surface area contributed by atoms with Crippen LogP contribution in [0.1, 0.15) is 38.8 Å². The van der Waals surface area contributed by atoms with Gasteiger partial charge in [-0.3, -0.25) is 4.79 Å². The van der Waals surface area contributed by atoms with Gasteiger partial charge < -0.3 is 19.7 Å². The van der Waals surface area contributed by atoms with E-state index < -0.39 is 5.97 Å². The van der Waals surface area contributed by atoms with Crippen LogP contribution in [0.25, 0.3) is 0 Å². The number of aromatic nitrogens is 1. The first-order valence-electron chi connectivity index (χ1n) is 6.67. The first kappa shape index (κ1) is 16.0. The summed E-state index contributed by atoms with van der Waals surface area (Å²) in [6.45, 7) is 6.09. The lowest BCUT2D eigenvalue weighted by molar-refractivity contribution is -0.138. The second-order valence-corrected chi connectivity index (χ2v) is 4.47. The summed E-state index contributed by atoms with van der Waals surface area (Å²) >= 11 is 0. The fourth-order valence-electron chi connectivity index (χ4n) is 1.86. The second kappa shape index (κ2) is 7.52. The van der Waals surface area contributed by atoms with E-state index in [1.165, 1.54) is 4.90 Å². The zero-order valence-corrected chi connectivity index (χ0v) is 12.0. The Kier molecular flexibility index (Phi) is 6.02. The maximum absolute atomic E-state index is 12.0. The summed E-state index contributed by atoms with van der Waals surface area (Å²) in [6, 6.07) is -0.689. The van der Waals surface area contributed by atoms with Crippen molar-refractivity contribution in [2.24, 2.45) is 0 Å². The van der Waals surface area contributed by atoms with Gasteiger partial charge in [-0.2, -0.15) is 0 Å². The van der Waals surface area contributed by atoms with Crippen molar-refractivity contribution in [2.75, 3.05) is 6.54 Å². The van der Waals surface area contributed by atoms with E-state index in [-0.39, 0.29) is 25.0 Å². The van der Waals surface area contributed by atoms with E-state index in [0.717, 1.165) is 12.2 Å². The minimum Gasteiger partial charge on any atom is -0.481 e. The number of carbonyl (C=O) groups is 2. The molecule has 0 bridgehead atoms. The molecule has 0 aliphatic heterocycles. The highest BCUT2D eigenvalue weighted by atomic mass is 16.4. The van der Waals surface area contributed by atoms with Crippen LogP contribution in [0.5, 0.6) is 0 Å². The topological polar surface area (TPSA) is 95.7 Å². The van der Waals surface area contributed by atoms with Gasteiger partial charge in [0.05, 0.1) is 19.2 Å². The third kappa shape index (κ3) is 4.56. The molecule has 7 nitrogen and oxygen atoms in total. The number of urea groups is 1. The largest absolute Gasteiger partial charge is 0.481 e. The Morgan fingerprint density at radius 1 is 1.50 bits per heavy atom. The van der Waals surface area contributed by atoms with Gasteiger partial charge in [0.1, 0.15) is 5.76 Å². The van der Waals surface area contributed by atoms with Gasteiger partial charge in [-0.1, -0.05) is 6.92 Å². The van der Waals surface area contributed by atoms with Crippen LogP contribution < -0.4 is 5.32 Å². The molecule has 2 amide bonds. The lowest BCUT2D eigenvalue weighted by Crippen LogP contribution is -2.45. The maximum Gasteiger partial charge on any atom is 0.318 e. The van der Waals surface area contributed by atoms with E-state index in [1.807, 2.05) is 6.92 Å². The number of nitrogens with zero attached hydrogens (tertiary/aromatic N) is 2. The van der Waals surface area contributed by atoms with Crippen molar-refractivity contribution in [1.82, 2.24) is 15.2 Å². The fraction of sp³-hybridized carbons (Fsp3) is 0.615. The molecule has 0 aromatic carbocycles. The van der Waals surface area contributed by atoms with Crippen LogP contribution in [0.15, 0.2) is 10.6 Å². The maximum atomic E-state index is 12.0. The number of oxazole rings is 1. The normalized spacial score (nSPS) is 11.9. The standard InChI is InChI=1S/C13H21N3O4/c1-4-10-7-14-11(20-10)8-15-13(19)16(5-2)9(3)6-12(17)18/h7,9H,4-6,8H2,1-3H3,(H,15,19)(H,17,18). The molecule has 1 heterocycles. The van der Waals surface area contributed by atoms with Crippen molar-refractivity contribution in [1.29, 1.82) is 0 Å². The Morgan fingerprint density at radius 3 is 2.70 bits per heavy atom. The van der Waals surface area contributed by atoms with Crippen molar-refractivity contribution < 1.29 is 19.1 Å². The number of aliphatic carboxylic acids is 1. The SMILES string of the molecule is CCc1cnc(CNC(=O)N(CC)C(C)CC(=O)O)o1. The fourth-order valence-corrected chi connectivity index (χ4v) is 1.86. The van der Waals surface area contributed by atoms with Gasteiger partial charge in [-0.25, -0.2) is 9.78 Å². The molecule has 1 aromatic heterocycles. The Morgan fingerprint density at radius 2 is 2.20 bits per heavy atom. The highest BCUT2D eigenvalue weighted by Gasteiger charge is 2.20. The van der Waals surface area contributed by atoms with Crippen molar-refractivity contribution in [3.8, 4) is 0 Å². The minimum atomic E-state index is -0.927. The summed E-state index contributed by atoms with van der Waals surface area (Å²) in [5, 5.41) is 11.4. The quantitative estimate of drug-likeness (QED) is 0.793. The van der Waals surface area contributed by atoms with Crippen molar-refractivity contribution in [3.63, 3.8) is 0 Å². The number of carboxylic acid groups (broad SMARTS) is 1. The van der Waals surface area contributed by atoms with Crippen LogP contribution in [-0.4, -0.2) is 39.6 Å². The summed E-state index contributed by atoms with van der Waals surface area (Å²) in [6.07, 6.45) is 2.30. The summed E-state index contributed by atoms with van der Waals surface area (Å²) in [5.74, 6) is 0.280. The number of amides is 2. The summed E-state index contributed by atoms with van der Waals surface area (Å²) in [7, 11) is 0. The zero-order chi connectivity index (χ0) is 15.1. The van der Waals surface area contributed by atoms with Gasteiger partial charge in [0.25, 0.3) is 0 Å². The third-order valence-corrected chi connectivity index (χ3v) is 2.94. The first-order chi connectivity index (χ1) is 9.47. The lowest BCUT2D eigenvalue weighted by Gasteiger charge is -2.26. The van der Waals surface area contributed by atoms with Crippen LogP contribution in [0.3, 0.4) is 0 Å². The monoisotopic (exact) mass is 283 g/mol. The second-order valence-electron chi connectivity index (χ2n) is 4.47. The average molecular weight is 283 g/mol. The molecule has 0 aliphatic carbocycles. The van der Waals surface area contributed by atoms with E-state index in [2.05, 4.69) is 10.3 Å². The molecule has 0 fully saturated rings. The minimum absolute atomic E-state index is 0.0831. The number of nitrogens with one attached hydrogen (secondary N) is 1. The molecule has 1 aromatic rings. The smallest absolute Gasteiger partial charge is 0.318 e. The van der Waals surface area contributed by atoms with Crippen LogP contribution in [0.4, 0.5) is 4.79 Å². The molecule has 0 aliphatic rings. The van der Waals surface area contributed by atoms with E-state index >= 15 is 0 Å². The molecule has 1 atom stereocenters. The lowest BCUT2D eigenvalue weighted by atomic mass is 10.2. The summed E-state index contributed by atoms with van der Waals surface area (Å²) in [4.78, 5) is 28.2. The Hall–Kier alpha value is -2.05. The predicted molar refractivity (Wildman–Crippen MR) is 72.2 cm³/mol. The molecule has 1 unspecified atom stereocenters. The van der Waals surface area contributed by atoms with Gasteiger partial charge in [-0.15, -0.1) is 0 Å².